The number of halogens is 4. The number of hydrogen-bond donors (Lipinski definition) is 1. The maximum Gasteiger partial charge on any atom is 0.431 e. The first-order valence-electron chi connectivity index (χ1n) is 11.8. The molecule has 1 aromatic heterocycles. The number of aromatic nitrogens is 1. The van der Waals surface area contributed by atoms with E-state index >= 15 is 0 Å². The van der Waals surface area contributed by atoms with Gasteiger partial charge in [0.25, 0.3) is 0 Å². The number of alkyl halides is 3. The molecule has 0 aliphatic heterocycles. The normalized spacial score (nSPS) is 17.9. The summed E-state index contributed by atoms with van der Waals surface area (Å²) in [5, 5.41) is 10.6. The number of aliphatic hydroxyl groups excluding tert-OH is 1. The lowest BCUT2D eigenvalue weighted by molar-refractivity contribution is -0.144. The maximum atomic E-state index is 14.4. The Bertz CT molecular complexity index is 1210. The van der Waals surface area contributed by atoms with Gasteiger partial charge >= 0.3 is 12.3 Å². The van der Waals surface area contributed by atoms with Gasteiger partial charge in [0.05, 0.1) is 12.6 Å². The number of benzene rings is 2. The number of carbonyl (C=O) groups is 1. The third-order valence-corrected chi connectivity index (χ3v) is 6.92. The molecule has 1 unspecified atom stereocenters. The van der Waals surface area contributed by atoms with Crippen molar-refractivity contribution in [1.82, 2.24) is 9.47 Å². The summed E-state index contributed by atoms with van der Waals surface area (Å²) in [6.45, 7) is 1.49. The van der Waals surface area contributed by atoms with Gasteiger partial charge in [-0.3, -0.25) is 0 Å². The smallest absolute Gasteiger partial charge is 0.393 e. The quantitative estimate of drug-likeness (QED) is 0.390. The minimum Gasteiger partial charge on any atom is -0.393 e. The molecule has 9 heteroatoms. The summed E-state index contributed by atoms with van der Waals surface area (Å²) in [6, 6.07) is 15.1. The molecule has 1 N–H and O–H groups in total. The van der Waals surface area contributed by atoms with Crippen molar-refractivity contribution >= 4 is 17.7 Å². The van der Waals surface area contributed by atoms with Crippen LogP contribution in [-0.4, -0.2) is 40.4 Å². The first kappa shape index (κ1) is 26.1. The first-order chi connectivity index (χ1) is 17.1. The van der Waals surface area contributed by atoms with Crippen LogP contribution in [0.4, 0.5) is 18.0 Å². The largest absolute Gasteiger partial charge is 0.431 e. The Kier molecular flexibility index (Phi) is 7.66. The van der Waals surface area contributed by atoms with Crippen LogP contribution in [0.1, 0.15) is 36.1 Å². The lowest BCUT2D eigenvalue weighted by Gasteiger charge is -2.23. The summed E-state index contributed by atoms with van der Waals surface area (Å²) in [4.78, 5) is 14.4. The molecule has 1 aliphatic rings. The zero-order valence-electron chi connectivity index (χ0n) is 20.1. The van der Waals surface area contributed by atoms with E-state index in [-0.39, 0.29) is 36.0 Å². The van der Waals surface area contributed by atoms with E-state index in [4.69, 9.17) is 16.3 Å². The Morgan fingerprint density at radius 3 is 2.39 bits per heavy atom. The molecular weight excluding hydrogens is 493 g/mol. The molecule has 1 aliphatic carbocycles. The Morgan fingerprint density at radius 1 is 1.14 bits per heavy atom. The van der Waals surface area contributed by atoms with Gasteiger partial charge in [0, 0.05) is 30.1 Å². The van der Waals surface area contributed by atoms with Gasteiger partial charge in [-0.15, -0.1) is 0 Å². The zero-order valence-corrected chi connectivity index (χ0v) is 20.8. The van der Waals surface area contributed by atoms with Gasteiger partial charge < -0.3 is 19.3 Å². The van der Waals surface area contributed by atoms with Crippen molar-refractivity contribution in [3.63, 3.8) is 0 Å². The Morgan fingerprint density at radius 2 is 1.81 bits per heavy atom. The van der Waals surface area contributed by atoms with Crippen molar-refractivity contribution in [3.05, 3.63) is 76.4 Å². The molecule has 1 saturated carbocycles. The van der Waals surface area contributed by atoms with Crippen molar-refractivity contribution < 1.29 is 27.8 Å². The average Bonchev–Trinajstić information content (AvgIpc) is 3.34. The molecule has 0 radical (unpaired) electrons. The van der Waals surface area contributed by atoms with Gasteiger partial charge in [-0.1, -0.05) is 60.5 Å². The predicted octanol–water partition coefficient (Wildman–Crippen LogP) is 6.78. The van der Waals surface area contributed by atoms with E-state index in [2.05, 4.69) is 0 Å². The van der Waals surface area contributed by atoms with Crippen LogP contribution < -0.4 is 4.74 Å². The third kappa shape index (κ3) is 5.55. The molecule has 192 valence electrons. The van der Waals surface area contributed by atoms with E-state index in [0.717, 1.165) is 17.4 Å². The van der Waals surface area contributed by atoms with Gasteiger partial charge in [0.2, 0.25) is 5.88 Å². The summed E-state index contributed by atoms with van der Waals surface area (Å²) < 4.78 is 49.9. The SMILES string of the molecule is Cc1c(-c2ccc(Cl)cc2)c(OC(=O)N(C)CC2CCC[C@H]2O)n(Cc2ccccc2)c1C(F)(F)F. The Labute approximate surface area is 213 Å². The standard InChI is InChI=1S/C27H28ClF3N2O3/c1-17-23(19-11-13-21(28)14-12-19)25(36-26(35)32(2)16-20-9-6-10-22(20)34)33(24(17)27(29,30)31)15-18-7-4-3-5-8-18/h3-5,7-8,11-14,20,22,34H,6,9-10,15-16H2,1-2H3/t20?,22-/m1/s1. The minimum absolute atomic E-state index is 0.0441. The summed E-state index contributed by atoms with van der Waals surface area (Å²) in [7, 11) is 1.53. The molecule has 3 aromatic rings. The van der Waals surface area contributed by atoms with E-state index in [9.17, 15) is 23.1 Å². The van der Waals surface area contributed by atoms with Crippen molar-refractivity contribution in [3.8, 4) is 17.0 Å². The fourth-order valence-electron chi connectivity index (χ4n) is 4.88. The molecule has 1 amide bonds. The highest BCUT2D eigenvalue weighted by Gasteiger charge is 2.41. The lowest BCUT2D eigenvalue weighted by atomic mass is 10.0. The van der Waals surface area contributed by atoms with Crippen LogP contribution in [0.15, 0.2) is 54.6 Å². The number of amides is 1. The van der Waals surface area contributed by atoms with Gasteiger partial charge in [-0.2, -0.15) is 13.2 Å². The van der Waals surface area contributed by atoms with Crippen molar-refractivity contribution in [1.29, 1.82) is 0 Å². The van der Waals surface area contributed by atoms with Gasteiger partial charge in [-0.05, 0) is 48.6 Å². The minimum atomic E-state index is -4.69. The van der Waals surface area contributed by atoms with E-state index < -0.39 is 24.1 Å². The molecule has 4 rings (SSSR count). The molecule has 5 nitrogen and oxygen atoms in total. The summed E-state index contributed by atoms with van der Waals surface area (Å²) in [6.07, 6.45) is -3.68. The zero-order chi connectivity index (χ0) is 26.0. The fraction of sp³-hybridized carbons (Fsp3) is 0.370. The number of carbonyl (C=O) groups excluding carboxylic acids is 1. The topological polar surface area (TPSA) is 54.7 Å². The molecule has 1 heterocycles. The molecular formula is C27H28ClF3N2O3. The number of aliphatic hydroxyl groups is 1. The maximum absolute atomic E-state index is 14.4. The van der Waals surface area contributed by atoms with E-state index in [1.165, 1.54) is 18.9 Å². The summed E-state index contributed by atoms with van der Waals surface area (Å²) in [5.74, 6) is -0.281. The Balaban J connectivity index is 1.80. The molecule has 2 atom stereocenters. The van der Waals surface area contributed by atoms with Crippen molar-refractivity contribution in [2.45, 2.75) is 45.0 Å². The van der Waals surface area contributed by atoms with E-state index in [1.54, 1.807) is 54.6 Å². The second kappa shape index (κ2) is 10.6. The molecule has 0 bridgehead atoms. The van der Waals surface area contributed by atoms with Crippen LogP contribution in [-0.2, 0) is 12.7 Å². The number of nitrogens with zero attached hydrogens (tertiary/aromatic N) is 2. The second-order valence-corrected chi connectivity index (χ2v) is 9.67. The first-order valence-corrected chi connectivity index (χ1v) is 12.1. The highest BCUT2D eigenvalue weighted by Crippen LogP contribution is 2.45. The van der Waals surface area contributed by atoms with Gasteiger partial charge in [0.1, 0.15) is 5.69 Å². The van der Waals surface area contributed by atoms with E-state index in [1.807, 2.05) is 0 Å². The monoisotopic (exact) mass is 520 g/mol. The van der Waals surface area contributed by atoms with Crippen LogP contribution >= 0.6 is 11.6 Å². The summed E-state index contributed by atoms with van der Waals surface area (Å²) >= 11 is 6.02. The van der Waals surface area contributed by atoms with Crippen LogP contribution in [0, 0.1) is 12.8 Å². The molecule has 36 heavy (non-hydrogen) atoms. The number of hydrogen-bond acceptors (Lipinski definition) is 3. The Hall–Kier alpha value is -2.97. The molecule has 0 spiro atoms. The predicted molar refractivity (Wildman–Crippen MR) is 132 cm³/mol. The molecule has 2 aromatic carbocycles. The van der Waals surface area contributed by atoms with Crippen LogP contribution in [0.3, 0.4) is 0 Å². The third-order valence-electron chi connectivity index (χ3n) is 6.67. The molecule has 1 fully saturated rings. The molecule has 0 saturated heterocycles. The fourth-order valence-corrected chi connectivity index (χ4v) is 5.01. The highest BCUT2D eigenvalue weighted by molar-refractivity contribution is 6.30. The van der Waals surface area contributed by atoms with Crippen LogP contribution in [0.5, 0.6) is 5.88 Å². The van der Waals surface area contributed by atoms with Gasteiger partial charge in [0.15, 0.2) is 0 Å². The van der Waals surface area contributed by atoms with Crippen LogP contribution in [0.2, 0.25) is 5.02 Å². The lowest BCUT2D eigenvalue weighted by Crippen LogP contribution is -2.36. The number of rotatable bonds is 6. The van der Waals surface area contributed by atoms with Crippen LogP contribution in [0.25, 0.3) is 11.1 Å². The average molecular weight is 521 g/mol. The summed E-state index contributed by atoms with van der Waals surface area (Å²) in [5.41, 5.74) is 0.328. The van der Waals surface area contributed by atoms with E-state index in [0.29, 0.717) is 22.6 Å². The second-order valence-electron chi connectivity index (χ2n) is 9.24. The number of ether oxygens (including phenoxy) is 1. The highest BCUT2D eigenvalue weighted by atomic mass is 35.5. The van der Waals surface area contributed by atoms with Crippen molar-refractivity contribution in [2.24, 2.45) is 5.92 Å². The van der Waals surface area contributed by atoms with Gasteiger partial charge in [-0.25, -0.2) is 4.79 Å². The van der Waals surface area contributed by atoms with Crippen molar-refractivity contribution in [2.75, 3.05) is 13.6 Å².